The molecule has 0 saturated heterocycles. The van der Waals surface area contributed by atoms with E-state index >= 15 is 0 Å². The summed E-state index contributed by atoms with van der Waals surface area (Å²) in [5.74, 6) is 0.763. The Balaban J connectivity index is 1.87. The van der Waals surface area contributed by atoms with Crippen molar-refractivity contribution in [2.24, 2.45) is 17.3 Å². The van der Waals surface area contributed by atoms with Crippen LogP contribution in [-0.4, -0.2) is 12.0 Å². The van der Waals surface area contributed by atoms with Crippen LogP contribution in [0.4, 0.5) is 4.39 Å². The maximum absolute atomic E-state index is 13.1. The van der Waals surface area contributed by atoms with Crippen molar-refractivity contribution < 1.29 is 9.18 Å². The number of carbonyl (C=O) groups excluding carboxylic acids is 1. The van der Waals surface area contributed by atoms with Gasteiger partial charge in [-0.3, -0.25) is 4.79 Å². The molecule has 0 aliphatic heterocycles. The molecular weight excluding hydrogens is 179 g/mol. The molecule has 1 atom stereocenters. The number of rotatable bonds is 2. The summed E-state index contributed by atoms with van der Waals surface area (Å²) in [6.45, 7) is 3.92. The maximum Gasteiger partial charge on any atom is 0.138 e. The molecule has 0 heterocycles. The van der Waals surface area contributed by atoms with Crippen LogP contribution in [0.3, 0.4) is 0 Å². The molecular formula is C12H19FO. The summed E-state index contributed by atoms with van der Waals surface area (Å²) in [5.41, 5.74) is 0.0216. The summed E-state index contributed by atoms with van der Waals surface area (Å²) >= 11 is 0. The second-order valence-corrected chi connectivity index (χ2v) is 5.37. The molecule has 2 rings (SSSR count). The Hall–Kier alpha value is -0.400. The summed E-state index contributed by atoms with van der Waals surface area (Å²) < 4.78 is 13.1. The lowest BCUT2D eigenvalue weighted by molar-refractivity contribution is -0.127. The molecule has 2 saturated carbocycles. The first kappa shape index (κ1) is 10.1. The molecule has 2 aliphatic rings. The third-order valence-electron chi connectivity index (χ3n) is 4.04. The van der Waals surface area contributed by atoms with Crippen LogP contribution in [0.1, 0.15) is 46.0 Å². The average molecular weight is 198 g/mol. The zero-order valence-corrected chi connectivity index (χ0v) is 9.05. The first-order chi connectivity index (χ1) is 6.55. The van der Waals surface area contributed by atoms with Crippen molar-refractivity contribution >= 4 is 5.78 Å². The van der Waals surface area contributed by atoms with Crippen LogP contribution in [0.25, 0.3) is 0 Å². The van der Waals surface area contributed by atoms with Gasteiger partial charge < -0.3 is 0 Å². The van der Waals surface area contributed by atoms with Crippen LogP contribution < -0.4 is 0 Å². The van der Waals surface area contributed by atoms with E-state index in [-0.39, 0.29) is 17.3 Å². The Morgan fingerprint density at radius 1 is 1.36 bits per heavy atom. The number of Topliss-reactive ketones (excluding diaryl/α,β-unsaturated/α-hetero) is 1. The van der Waals surface area contributed by atoms with Gasteiger partial charge >= 0.3 is 0 Å². The number of alkyl halides is 1. The van der Waals surface area contributed by atoms with Gasteiger partial charge in [-0.1, -0.05) is 13.8 Å². The molecule has 2 aliphatic carbocycles. The van der Waals surface area contributed by atoms with Gasteiger partial charge in [0.1, 0.15) is 12.0 Å². The average Bonchev–Trinajstić information content (AvgIpc) is 2.76. The van der Waals surface area contributed by atoms with Crippen LogP contribution in [0.5, 0.6) is 0 Å². The molecule has 0 N–H and O–H groups in total. The van der Waals surface area contributed by atoms with Gasteiger partial charge in [-0.15, -0.1) is 0 Å². The highest BCUT2D eigenvalue weighted by Gasteiger charge is 2.56. The predicted molar refractivity (Wildman–Crippen MR) is 53.7 cm³/mol. The molecule has 0 bridgehead atoms. The van der Waals surface area contributed by atoms with Gasteiger partial charge in [0.2, 0.25) is 0 Å². The van der Waals surface area contributed by atoms with Gasteiger partial charge in [-0.2, -0.15) is 0 Å². The summed E-state index contributed by atoms with van der Waals surface area (Å²) in [6.07, 6.45) is 3.94. The number of carbonyl (C=O) groups is 1. The Morgan fingerprint density at radius 3 is 2.21 bits per heavy atom. The van der Waals surface area contributed by atoms with E-state index in [0.29, 0.717) is 5.78 Å². The second kappa shape index (κ2) is 3.32. The van der Waals surface area contributed by atoms with E-state index in [1.807, 2.05) is 13.8 Å². The van der Waals surface area contributed by atoms with Crippen LogP contribution in [0, 0.1) is 17.3 Å². The molecule has 80 valence electrons. The topological polar surface area (TPSA) is 17.1 Å². The Morgan fingerprint density at radius 2 is 1.86 bits per heavy atom. The van der Waals surface area contributed by atoms with Crippen molar-refractivity contribution in [2.75, 3.05) is 0 Å². The normalized spacial score (nSPS) is 41.7. The summed E-state index contributed by atoms with van der Waals surface area (Å²) in [7, 11) is 0. The molecule has 1 spiro atoms. The SMILES string of the molecule is CC(C)C(=O)C1CCC2(CC1)CC2F. The fourth-order valence-electron chi connectivity index (χ4n) is 2.76. The standard InChI is InChI=1S/C12H19FO/c1-8(2)11(14)9-3-5-12(6-4-9)7-10(12)13/h8-10H,3-7H2,1-2H3. The van der Waals surface area contributed by atoms with E-state index in [0.717, 1.165) is 32.1 Å². The summed E-state index contributed by atoms with van der Waals surface area (Å²) in [6, 6.07) is 0. The zero-order valence-electron chi connectivity index (χ0n) is 9.05. The zero-order chi connectivity index (χ0) is 10.3. The van der Waals surface area contributed by atoms with E-state index in [4.69, 9.17) is 0 Å². The first-order valence-electron chi connectivity index (χ1n) is 5.73. The van der Waals surface area contributed by atoms with E-state index in [1.54, 1.807) is 0 Å². The largest absolute Gasteiger partial charge is 0.299 e. The summed E-state index contributed by atoms with van der Waals surface area (Å²) in [5, 5.41) is 0. The smallest absolute Gasteiger partial charge is 0.138 e. The number of hydrogen-bond donors (Lipinski definition) is 0. The molecule has 2 fully saturated rings. The number of hydrogen-bond acceptors (Lipinski definition) is 1. The van der Waals surface area contributed by atoms with Crippen molar-refractivity contribution in [3.63, 3.8) is 0 Å². The molecule has 2 heteroatoms. The number of ketones is 1. The van der Waals surface area contributed by atoms with Crippen LogP contribution in [0.15, 0.2) is 0 Å². The monoisotopic (exact) mass is 198 g/mol. The van der Waals surface area contributed by atoms with E-state index in [9.17, 15) is 9.18 Å². The fourth-order valence-corrected chi connectivity index (χ4v) is 2.76. The lowest BCUT2D eigenvalue weighted by atomic mass is 9.76. The lowest BCUT2D eigenvalue weighted by Gasteiger charge is -2.28. The lowest BCUT2D eigenvalue weighted by Crippen LogP contribution is -2.26. The molecule has 0 aromatic carbocycles. The molecule has 1 unspecified atom stereocenters. The van der Waals surface area contributed by atoms with Gasteiger partial charge in [0.15, 0.2) is 0 Å². The van der Waals surface area contributed by atoms with Crippen molar-refractivity contribution in [3.8, 4) is 0 Å². The third kappa shape index (κ3) is 1.59. The minimum absolute atomic E-state index is 0.0216. The number of halogens is 1. The second-order valence-electron chi connectivity index (χ2n) is 5.37. The molecule has 0 aromatic heterocycles. The minimum atomic E-state index is -0.558. The Kier molecular flexibility index (Phi) is 2.40. The quantitative estimate of drug-likeness (QED) is 0.666. The molecule has 0 amide bonds. The minimum Gasteiger partial charge on any atom is -0.299 e. The maximum atomic E-state index is 13.1. The van der Waals surface area contributed by atoms with Gasteiger partial charge in [0.05, 0.1) is 0 Å². The third-order valence-corrected chi connectivity index (χ3v) is 4.04. The van der Waals surface area contributed by atoms with Gasteiger partial charge in [0.25, 0.3) is 0 Å². The van der Waals surface area contributed by atoms with Crippen molar-refractivity contribution in [2.45, 2.75) is 52.1 Å². The van der Waals surface area contributed by atoms with Crippen molar-refractivity contribution in [1.29, 1.82) is 0 Å². The Bertz CT molecular complexity index is 239. The van der Waals surface area contributed by atoms with E-state index < -0.39 is 6.17 Å². The van der Waals surface area contributed by atoms with Crippen LogP contribution in [-0.2, 0) is 4.79 Å². The van der Waals surface area contributed by atoms with Gasteiger partial charge in [0, 0.05) is 17.3 Å². The summed E-state index contributed by atoms with van der Waals surface area (Å²) in [4.78, 5) is 11.7. The molecule has 0 radical (unpaired) electrons. The molecule has 1 nitrogen and oxygen atoms in total. The van der Waals surface area contributed by atoms with Crippen molar-refractivity contribution in [3.05, 3.63) is 0 Å². The highest BCUT2D eigenvalue weighted by molar-refractivity contribution is 5.82. The highest BCUT2D eigenvalue weighted by Crippen LogP contribution is 2.59. The predicted octanol–water partition coefficient (Wildman–Crippen LogP) is 3.13. The molecule has 14 heavy (non-hydrogen) atoms. The van der Waals surface area contributed by atoms with E-state index in [1.165, 1.54) is 0 Å². The molecule has 0 aromatic rings. The van der Waals surface area contributed by atoms with Crippen LogP contribution >= 0.6 is 0 Å². The van der Waals surface area contributed by atoms with Crippen molar-refractivity contribution in [1.82, 2.24) is 0 Å². The van der Waals surface area contributed by atoms with Gasteiger partial charge in [-0.25, -0.2) is 4.39 Å². The highest BCUT2D eigenvalue weighted by atomic mass is 19.1. The fraction of sp³-hybridized carbons (Fsp3) is 0.917. The van der Waals surface area contributed by atoms with E-state index in [2.05, 4.69) is 0 Å². The first-order valence-corrected chi connectivity index (χ1v) is 5.73. The van der Waals surface area contributed by atoms with Gasteiger partial charge in [-0.05, 0) is 32.1 Å². The van der Waals surface area contributed by atoms with Crippen LogP contribution in [0.2, 0.25) is 0 Å². The Labute approximate surface area is 85.1 Å².